The number of thiol groups is 1. The molecule has 0 aliphatic heterocycles. The zero-order valence-electron chi connectivity index (χ0n) is 6.93. The maximum Gasteiger partial charge on any atom is 0.206 e. The molecule has 0 unspecified atom stereocenters. The van der Waals surface area contributed by atoms with E-state index in [4.69, 9.17) is 10.3 Å². The van der Waals surface area contributed by atoms with Crippen LogP contribution in [0.15, 0.2) is 21.9 Å². The van der Waals surface area contributed by atoms with Gasteiger partial charge in [-0.1, -0.05) is 0 Å². The van der Waals surface area contributed by atoms with E-state index in [0.29, 0.717) is 11.0 Å². The monoisotopic (exact) mass is 196 g/mol. The standard InChI is InChI=1S/C7H8N4OS/c1-4-5(2-3-12-4)6-9-10-7(13)11(6)8/h2-3H,8H2,1H3,(H,10,13). The fourth-order valence-corrected chi connectivity index (χ4v) is 1.22. The Morgan fingerprint density at radius 2 is 2.31 bits per heavy atom. The van der Waals surface area contributed by atoms with Gasteiger partial charge in [-0.15, -0.1) is 22.8 Å². The second-order valence-corrected chi connectivity index (χ2v) is 2.98. The number of aromatic nitrogens is 3. The average Bonchev–Trinajstić information content (AvgIpc) is 2.62. The molecule has 0 aliphatic rings. The highest BCUT2D eigenvalue weighted by atomic mass is 32.1. The Morgan fingerprint density at radius 1 is 1.54 bits per heavy atom. The molecule has 0 radical (unpaired) electrons. The molecular formula is C7H8N4OS. The van der Waals surface area contributed by atoms with Crippen molar-refractivity contribution in [3.8, 4) is 11.4 Å². The fraction of sp³-hybridized carbons (Fsp3) is 0.143. The molecule has 0 spiro atoms. The predicted octanol–water partition coefficient (Wildman–Crippen LogP) is 0.849. The lowest BCUT2D eigenvalue weighted by atomic mass is 10.2. The molecule has 68 valence electrons. The molecule has 0 bridgehead atoms. The fourth-order valence-electron chi connectivity index (χ4n) is 1.08. The van der Waals surface area contributed by atoms with E-state index in [-0.39, 0.29) is 0 Å². The number of hydrogen-bond donors (Lipinski definition) is 2. The van der Waals surface area contributed by atoms with Gasteiger partial charge in [0.2, 0.25) is 5.16 Å². The molecule has 2 aromatic rings. The summed E-state index contributed by atoms with van der Waals surface area (Å²) in [6.07, 6.45) is 1.58. The number of rotatable bonds is 1. The highest BCUT2D eigenvalue weighted by molar-refractivity contribution is 7.80. The van der Waals surface area contributed by atoms with Crippen molar-refractivity contribution in [1.82, 2.24) is 14.9 Å². The van der Waals surface area contributed by atoms with Crippen molar-refractivity contribution < 1.29 is 4.42 Å². The molecule has 0 aliphatic carbocycles. The van der Waals surface area contributed by atoms with E-state index >= 15 is 0 Å². The third-order valence-corrected chi connectivity index (χ3v) is 2.08. The second-order valence-electron chi connectivity index (χ2n) is 2.58. The molecule has 2 aromatic heterocycles. The van der Waals surface area contributed by atoms with Crippen molar-refractivity contribution in [3.63, 3.8) is 0 Å². The van der Waals surface area contributed by atoms with Gasteiger partial charge in [-0.05, 0) is 13.0 Å². The highest BCUT2D eigenvalue weighted by Gasteiger charge is 2.12. The van der Waals surface area contributed by atoms with Gasteiger partial charge in [0.25, 0.3) is 0 Å². The Balaban J connectivity index is 2.59. The Hall–Kier alpha value is -1.43. The number of furan rings is 1. The molecule has 6 heteroatoms. The quantitative estimate of drug-likeness (QED) is 0.524. The predicted molar refractivity (Wildman–Crippen MR) is 49.9 cm³/mol. The summed E-state index contributed by atoms with van der Waals surface area (Å²) in [5.74, 6) is 6.95. The molecule has 0 saturated carbocycles. The van der Waals surface area contributed by atoms with Crippen molar-refractivity contribution in [2.75, 3.05) is 5.84 Å². The smallest absolute Gasteiger partial charge is 0.206 e. The minimum absolute atomic E-state index is 0.371. The van der Waals surface area contributed by atoms with Crippen LogP contribution in [-0.4, -0.2) is 14.9 Å². The van der Waals surface area contributed by atoms with Crippen molar-refractivity contribution in [1.29, 1.82) is 0 Å². The summed E-state index contributed by atoms with van der Waals surface area (Å²) in [6.45, 7) is 1.84. The van der Waals surface area contributed by atoms with Crippen LogP contribution < -0.4 is 5.84 Å². The van der Waals surface area contributed by atoms with E-state index in [1.165, 1.54) is 4.68 Å². The summed E-state index contributed by atoms with van der Waals surface area (Å²) < 4.78 is 6.43. The largest absolute Gasteiger partial charge is 0.469 e. The first-order valence-electron chi connectivity index (χ1n) is 3.64. The van der Waals surface area contributed by atoms with Gasteiger partial charge in [0.1, 0.15) is 5.76 Å². The van der Waals surface area contributed by atoms with Gasteiger partial charge < -0.3 is 10.3 Å². The van der Waals surface area contributed by atoms with Gasteiger partial charge in [0.15, 0.2) is 5.82 Å². The lowest BCUT2D eigenvalue weighted by molar-refractivity contribution is 0.535. The van der Waals surface area contributed by atoms with E-state index in [1.54, 1.807) is 12.3 Å². The lowest BCUT2D eigenvalue weighted by Gasteiger charge is -1.97. The molecule has 2 rings (SSSR count). The third kappa shape index (κ3) is 1.19. The molecule has 13 heavy (non-hydrogen) atoms. The first-order valence-corrected chi connectivity index (χ1v) is 4.09. The summed E-state index contributed by atoms with van der Waals surface area (Å²) >= 11 is 4.02. The lowest BCUT2D eigenvalue weighted by Crippen LogP contribution is -2.10. The van der Waals surface area contributed by atoms with E-state index in [9.17, 15) is 0 Å². The molecular weight excluding hydrogens is 188 g/mol. The zero-order chi connectivity index (χ0) is 9.42. The molecule has 5 nitrogen and oxygen atoms in total. The minimum Gasteiger partial charge on any atom is -0.469 e. The average molecular weight is 196 g/mol. The molecule has 0 aromatic carbocycles. The van der Waals surface area contributed by atoms with Crippen LogP contribution in [0.1, 0.15) is 5.76 Å². The molecule has 2 heterocycles. The summed E-state index contributed by atoms with van der Waals surface area (Å²) in [5.41, 5.74) is 0.829. The van der Waals surface area contributed by atoms with Crippen LogP contribution >= 0.6 is 12.6 Å². The normalized spacial score (nSPS) is 10.6. The Kier molecular flexibility index (Phi) is 1.77. The minimum atomic E-state index is 0.371. The van der Waals surface area contributed by atoms with Crippen molar-refractivity contribution >= 4 is 12.6 Å². The van der Waals surface area contributed by atoms with Gasteiger partial charge in [0.05, 0.1) is 11.8 Å². The van der Waals surface area contributed by atoms with Crippen molar-refractivity contribution in [2.24, 2.45) is 0 Å². The highest BCUT2D eigenvalue weighted by Crippen LogP contribution is 2.22. The van der Waals surface area contributed by atoms with Gasteiger partial charge in [-0.2, -0.15) is 0 Å². The number of hydrogen-bond acceptors (Lipinski definition) is 5. The Bertz CT molecular complexity index is 433. The molecule has 2 N–H and O–H groups in total. The topological polar surface area (TPSA) is 69.9 Å². The van der Waals surface area contributed by atoms with Gasteiger partial charge >= 0.3 is 0 Å². The van der Waals surface area contributed by atoms with Crippen molar-refractivity contribution in [2.45, 2.75) is 12.1 Å². The summed E-state index contributed by atoms with van der Waals surface area (Å²) in [4.78, 5) is 0. The van der Waals surface area contributed by atoms with Crippen LogP contribution in [0.4, 0.5) is 0 Å². The van der Waals surface area contributed by atoms with Crippen LogP contribution in [0, 0.1) is 6.92 Å². The summed E-state index contributed by atoms with van der Waals surface area (Å²) in [7, 11) is 0. The summed E-state index contributed by atoms with van der Waals surface area (Å²) in [5, 5.41) is 7.96. The van der Waals surface area contributed by atoms with E-state index in [2.05, 4.69) is 22.8 Å². The first-order chi connectivity index (χ1) is 6.20. The Morgan fingerprint density at radius 3 is 2.77 bits per heavy atom. The van der Waals surface area contributed by atoms with Crippen LogP contribution in [0.2, 0.25) is 0 Å². The molecule has 0 amide bonds. The van der Waals surface area contributed by atoms with Crippen LogP contribution in [-0.2, 0) is 0 Å². The number of nitrogens with zero attached hydrogens (tertiary/aromatic N) is 3. The molecule has 0 fully saturated rings. The summed E-state index contributed by atoms with van der Waals surface area (Å²) in [6, 6.07) is 1.79. The first kappa shape index (κ1) is 8.18. The number of aryl methyl sites for hydroxylation is 1. The SMILES string of the molecule is Cc1occc1-c1nnc(S)n1N. The third-order valence-electron chi connectivity index (χ3n) is 1.78. The maximum absolute atomic E-state index is 5.64. The number of nitrogen functional groups attached to an aromatic ring is 1. The van der Waals surface area contributed by atoms with Gasteiger partial charge in [0, 0.05) is 0 Å². The van der Waals surface area contributed by atoms with E-state index in [0.717, 1.165) is 11.3 Å². The molecule has 0 atom stereocenters. The molecule has 0 saturated heterocycles. The van der Waals surface area contributed by atoms with Crippen LogP contribution in [0.3, 0.4) is 0 Å². The van der Waals surface area contributed by atoms with E-state index < -0.39 is 0 Å². The van der Waals surface area contributed by atoms with Crippen LogP contribution in [0.5, 0.6) is 0 Å². The second kappa shape index (κ2) is 2.81. The van der Waals surface area contributed by atoms with Crippen molar-refractivity contribution in [3.05, 3.63) is 18.1 Å². The zero-order valence-corrected chi connectivity index (χ0v) is 7.82. The van der Waals surface area contributed by atoms with Crippen LogP contribution in [0.25, 0.3) is 11.4 Å². The van der Waals surface area contributed by atoms with Gasteiger partial charge in [-0.25, -0.2) is 4.68 Å². The Labute approximate surface area is 79.9 Å². The maximum atomic E-state index is 5.64. The van der Waals surface area contributed by atoms with E-state index in [1.807, 2.05) is 6.92 Å². The van der Waals surface area contributed by atoms with Gasteiger partial charge in [-0.3, -0.25) is 0 Å². The number of nitrogens with two attached hydrogens (primary N) is 1.